The highest BCUT2D eigenvalue weighted by Gasteiger charge is 2.22. The molecule has 0 bridgehead atoms. The van der Waals surface area contributed by atoms with Crippen molar-refractivity contribution >= 4 is 43.5 Å². The summed E-state index contributed by atoms with van der Waals surface area (Å²) >= 11 is 0. The van der Waals surface area contributed by atoms with Crippen LogP contribution in [0, 0.1) is 0 Å². The highest BCUT2D eigenvalue weighted by atomic mass is 16.3. The van der Waals surface area contributed by atoms with Crippen molar-refractivity contribution < 1.29 is 4.42 Å². The third-order valence-electron chi connectivity index (χ3n) is 7.00. The average molecular weight is 423 g/mol. The van der Waals surface area contributed by atoms with Gasteiger partial charge < -0.3 is 4.42 Å². The summed E-state index contributed by atoms with van der Waals surface area (Å²) in [6.07, 6.45) is 9.98. The minimum absolute atomic E-state index is 0.376. The molecule has 1 unspecified atom stereocenters. The molecule has 1 heteroatoms. The lowest BCUT2D eigenvalue weighted by Crippen LogP contribution is -2.00. The second kappa shape index (κ2) is 7.21. The van der Waals surface area contributed by atoms with Gasteiger partial charge in [0.1, 0.15) is 11.2 Å². The monoisotopic (exact) mass is 422 g/mol. The van der Waals surface area contributed by atoms with E-state index in [1.807, 2.05) is 6.07 Å². The van der Waals surface area contributed by atoms with E-state index < -0.39 is 0 Å². The van der Waals surface area contributed by atoms with E-state index in [-0.39, 0.29) is 0 Å². The Morgan fingerprint density at radius 2 is 1.21 bits per heavy atom. The normalized spacial score (nSPS) is 15.8. The molecular formula is C32H22O. The van der Waals surface area contributed by atoms with Gasteiger partial charge in [0.25, 0.3) is 0 Å². The maximum atomic E-state index is 6.46. The first-order valence-electron chi connectivity index (χ1n) is 11.6. The SMILES string of the molecule is C1=CCC(c2c3ccccc3c(-c3cccc4c3oc3ccccc34)c3ccccc23)C=C1. The topological polar surface area (TPSA) is 13.1 Å². The van der Waals surface area contributed by atoms with Gasteiger partial charge in [0.05, 0.1) is 0 Å². The van der Waals surface area contributed by atoms with Crippen molar-refractivity contribution in [3.8, 4) is 11.1 Å². The summed E-state index contributed by atoms with van der Waals surface area (Å²) < 4.78 is 6.46. The van der Waals surface area contributed by atoms with Crippen LogP contribution in [0.1, 0.15) is 17.9 Å². The molecule has 1 aliphatic carbocycles. The fraction of sp³-hybridized carbons (Fsp3) is 0.0625. The number of furan rings is 1. The van der Waals surface area contributed by atoms with Crippen LogP contribution in [0.25, 0.3) is 54.6 Å². The van der Waals surface area contributed by atoms with Gasteiger partial charge in [-0.25, -0.2) is 0 Å². The van der Waals surface area contributed by atoms with Gasteiger partial charge >= 0.3 is 0 Å². The van der Waals surface area contributed by atoms with E-state index in [2.05, 4.69) is 109 Å². The van der Waals surface area contributed by atoms with Crippen LogP contribution < -0.4 is 0 Å². The number of benzene rings is 5. The molecular weight excluding hydrogens is 400 g/mol. The van der Waals surface area contributed by atoms with Crippen LogP contribution in [0.5, 0.6) is 0 Å². The Hall–Kier alpha value is -4.10. The van der Waals surface area contributed by atoms with Crippen molar-refractivity contribution in [3.05, 3.63) is 121 Å². The van der Waals surface area contributed by atoms with Crippen LogP contribution in [-0.2, 0) is 0 Å². The van der Waals surface area contributed by atoms with Crippen LogP contribution in [0.2, 0.25) is 0 Å². The predicted molar refractivity (Wildman–Crippen MR) is 140 cm³/mol. The van der Waals surface area contributed by atoms with Crippen LogP contribution in [-0.4, -0.2) is 0 Å². The smallest absolute Gasteiger partial charge is 0.143 e. The molecule has 1 nitrogen and oxygen atoms in total. The summed E-state index contributed by atoms with van der Waals surface area (Å²) in [5.41, 5.74) is 5.72. The lowest BCUT2D eigenvalue weighted by atomic mass is 9.81. The Morgan fingerprint density at radius 3 is 1.91 bits per heavy atom. The zero-order valence-corrected chi connectivity index (χ0v) is 18.2. The predicted octanol–water partition coefficient (Wildman–Crippen LogP) is 9.16. The van der Waals surface area contributed by atoms with Gasteiger partial charge in [-0.1, -0.05) is 109 Å². The highest BCUT2D eigenvalue weighted by Crippen LogP contribution is 2.46. The van der Waals surface area contributed by atoms with Gasteiger partial charge in [0.15, 0.2) is 0 Å². The van der Waals surface area contributed by atoms with Gasteiger partial charge in [-0.15, -0.1) is 0 Å². The van der Waals surface area contributed by atoms with E-state index in [0.29, 0.717) is 5.92 Å². The molecule has 33 heavy (non-hydrogen) atoms. The van der Waals surface area contributed by atoms with Crippen LogP contribution >= 0.6 is 0 Å². The molecule has 1 aromatic heterocycles. The fourth-order valence-corrected chi connectivity index (χ4v) is 5.59. The van der Waals surface area contributed by atoms with Crippen molar-refractivity contribution in [1.82, 2.24) is 0 Å². The van der Waals surface area contributed by atoms with Crippen molar-refractivity contribution in [2.24, 2.45) is 0 Å². The van der Waals surface area contributed by atoms with E-state index in [1.165, 1.54) is 43.4 Å². The quantitative estimate of drug-likeness (QED) is 0.254. The molecule has 1 atom stereocenters. The summed E-state index contributed by atoms with van der Waals surface area (Å²) in [7, 11) is 0. The summed E-state index contributed by atoms with van der Waals surface area (Å²) in [5, 5.41) is 7.54. The third-order valence-corrected chi connectivity index (χ3v) is 7.00. The van der Waals surface area contributed by atoms with Gasteiger partial charge in [-0.3, -0.25) is 0 Å². The van der Waals surface area contributed by atoms with E-state index in [0.717, 1.165) is 23.2 Å². The number of hydrogen-bond acceptors (Lipinski definition) is 1. The Morgan fingerprint density at radius 1 is 0.576 bits per heavy atom. The molecule has 0 aliphatic heterocycles. The molecule has 0 saturated carbocycles. The van der Waals surface area contributed by atoms with Crippen LogP contribution in [0.15, 0.2) is 120 Å². The third kappa shape index (κ3) is 2.72. The van der Waals surface area contributed by atoms with E-state index in [9.17, 15) is 0 Å². The van der Waals surface area contributed by atoms with Crippen molar-refractivity contribution in [1.29, 1.82) is 0 Å². The zero-order chi connectivity index (χ0) is 21.8. The largest absolute Gasteiger partial charge is 0.455 e. The summed E-state index contributed by atoms with van der Waals surface area (Å²) in [6.45, 7) is 0. The standard InChI is InChI=1S/C32H22O/c1-2-11-21(12-3-1)30-23-14-4-6-16-25(23)31(26-17-7-5-15-24(26)30)28-19-10-18-27-22-13-8-9-20-29(22)33-32(27)28/h1-11,13-21H,12H2. The first kappa shape index (κ1) is 18.5. The van der Waals surface area contributed by atoms with Gasteiger partial charge in [-0.05, 0) is 39.6 Å². The molecule has 1 heterocycles. The number of hydrogen-bond donors (Lipinski definition) is 0. The molecule has 6 aromatic rings. The zero-order valence-electron chi connectivity index (χ0n) is 18.2. The first-order valence-corrected chi connectivity index (χ1v) is 11.6. The maximum absolute atomic E-state index is 6.46. The highest BCUT2D eigenvalue weighted by molar-refractivity contribution is 6.20. The van der Waals surface area contributed by atoms with Crippen molar-refractivity contribution in [2.45, 2.75) is 12.3 Å². The minimum atomic E-state index is 0.376. The second-order valence-corrected chi connectivity index (χ2v) is 8.82. The van der Waals surface area contributed by atoms with Crippen molar-refractivity contribution in [2.75, 3.05) is 0 Å². The maximum Gasteiger partial charge on any atom is 0.143 e. The minimum Gasteiger partial charge on any atom is -0.455 e. The molecule has 0 saturated heterocycles. The number of fused-ring (bicyclic) bond motifs is 5. The lowest BCUT2D eigenvalue weighted by molar-refractivity contribution is 0.670. The van der Waals surface area contributed by atoms with Crippen LogP contribution in [0.4, 0.5) is 0 Å². The molecule has 1 aliphatic rings. The summed E-state index contributed by atoms with van der Waals surface area (Å²) in [5.74, 6) is 0.376. The Labute approximate surface area is 192 Å². The molecule has 156 valence electrons. The number of allylic oxidation sites excluding steroid dienone is 4. The molecule has 0 spiro atoms. The van der Waals surface area contributed by atoms with E-state index in [1.54, 1.807) is 0 Å². The molecule has 0 amide bonds. The van der Waals surface area contributed by atoms with Crippen LogP contribution in [0.3, 0.4) is 0 Å². The Kier molecular flexibility index (Phi) is 4.04. The Bertz CT molecular complexity index is 1690. The molecule has 0 radical (unpaired) electrons. The van der Waals surface area contributed by atoms with Crippen molar-refractivity contribution in [3.63, 3.8) is 0 Å². The molecule has 5 aromatic carbocycles. The second-order valence-electron chi connectivity index (χ2n) is 8.82. The molecule has 7 rings (SSSR count). The molecule has 0 N–H and O–H groups in total. The number of rotatable bonds is 2. The van der Waals surface area contributed by atoms with E-state index >= 15 is 0 Å². The first-order chi connectivity index (χ1) is 16.4. The lowest BCUT2D eigenvalue weighted by Gasteiger charge is -2.22. The molecule has 0 fully saturated rings. The van der Waals surface area contributed by atoms with E-state index in [4.69, 9.17) is 4.42 Å². The average Bonchev–Trinajstić information content (AvgIpc) is 3.27. The number of para-hydroxylation sites is 2. The Balaban J connectivity index is 1.65. The fourth-order valence-electron chi connectivity index (χ4n) is 5.59. The van der Waals surface area contributed by atoms with Gasteiger partial charge in [0, 0.05) is 27.8 Å². The summed E-state index contributed by atoms with van der Waals surface area (Å²) in [4.78, 5) is 0. The summed E-state index contributed by atoms with van der Waals surface area (Å²) in [6, 6.07) is 32.6. The van der Waals surface area contributed by atoms with Gasteiger partial charge in [-0.2, -0.15) is 0 Å². The van der Waals surface area contributed by atoms with Gasteiger partial charge in [0.2, 0.25) is 0 Å².